The molecule has 0 atom stereocenters. The van der Waals surface area contributed by atoms with E-state index >= 15 is 0 Å². The summed E-state index contributed by atoms with van der Waals surface area (Å²) in [6.07, 6.45) is 0. The van der Waals surface area contributed by atoms with Crippen molar-refractivity contribution in [2.24, 2.45) is 12.8 Å². The predicted molar refractivity (Wildman–Crippen MR) is 93.7 cm³/mol. The van der Waals surface area contributed by atoms with Crippen molar-refractivity contribution in [3.8, 4) is 11.4 Å². The van der Waals surface area contributed by atoms with Gasteiger partial charge in [0.25, 0.3) is 5.91 Å². The molecule has 3 aromatic rings. The summed E-state index contributed by atoms with van der Waals surface area (Å²) >= 11 is 0. The minimum atomic E-state index is -0.564. The van der Waals surface area contributed by atoms with Gasteiger partial charge in [0.15, 0.2) is 5.65 Å². The number of rotatable bonds is 3. The molecule has 0 aliphatic rings. The molecule has 126 valence electrons. The minimum Gasteiger partial charge on any atom is -0.496 e. The summed E-state index contributed by atoms with van der Waals surface area (Å²) in [5.74, 6) is 0.471. The van der Waals surface area contributed by atoms with Gasteiger partial charge in [0.05, 0.1) is 23.7 Å². The van der Waals surface area contributed by atoms with Gasteiger partial charge in [-0.3, -0.25) is 14.0 Å². The SMILES string of the molecule is COc1ccc(C)c(-n2c(N)c(C(N)=O)c3c(C)n(C)nc32)c1C. The fraction of sp³-hybridized carbons (Fsp3) is 0.294. The van der Waals surface area contributed by atoms with E-state index in [0.717, 1.165) is 28.3 Å². The van der Waals surface area contributed by atoms with Crippen LogP contribution in [0.5, 0.6) is 5.75 Å². The number of carbonyl (C=O) groups is 1. The maximum absolute atomic E-state index is 12.0. The van der Waals surface area contributed by atoms with Gasteiger partial charge < -0.3 is 16.2 Å². The molecule has 7 heteroatoms. The van der Waals surface area contributed by atoms with Crippen molar-refractivity contribution >= 4 is 22.8 Å². The highest BCUT2D eigenvalue weighted by molar-refractivity contribution is 6.11. The third-order valence-corrected chi connectivity index (χ3v) is 4.55. The van der Waals surface area contributed by atoms with E-state index in [-0.39, 0.29) is 0 Å². The standard InChI is InChI=1S/C17H21N5O2/c1-8-6-7-11(24-5)9(2)14(8)22-15(18)13(16(19)23)12-10(3)21(4)20-17(12)22/h6-7H,18H2,1-5H3,(H2,19,23). The first-order chi connectivity index (χ1) is 11.3. The van der Waals surface area contributed by atoms with Gasteiger partial charge in [-0.15, -0.1) is 0 Å². The number of methoxy groups -OCH3 is 1. The first-order valence-corrected chi connectivity index (χ1v) is 7.57. The fourth-order valence-electron chi connectivity index (χ4n) is 3.25. The number of aryl methyl sites for hydroxylation is 3. The molecule has 0 saturated heterocycles. The second kappa shape index (κ2) is 5.30. The average Bonchev–Trinajstić information content (AvgIpc) is 2.95. The second-order valence-corrected chi connectivity index (χ2v) is 5.93. The highest BCUT2D eigenvalue weighted by Gasteiger charge is 2.26. The van der Waals surface area contributed by atoms with Crippen molar-refractivity contribution in [3.05, 3.63) is 34.5 Å². The van der Waals surface area contributed by atoms with Crippen molar-refractivity contribution in [1.82, 2.24) is 14.3 Å². The van der Waals surface area contributed by atoms with E-state index < -0.39 is 5.91 Å². The molecule has 2 aromatic heterocycles. The van der Waals surface area contributed by atoms with Crippen molar-refractivity contribution in [1.29, 1.82) is 0 Å². The number of nitrogen functional groups attached to an aromatic ring is 1. The minimum absolute atomic E-state index is 0.295. The number of hydrogen-bond acceptors (Lipinski definition) is 4. The highest BCUT2D eigenvalue weighted by atomic mass is 16.5. The molecular formula is C17H21N5O2. The van der Waals surface area contributed by atoms with Crippen molar-refractivity contribution < 1.29 is 9.53 Å². The lowest BCUT2D eigenvalue weighted by Crippen LogP contribution is -2.15. The molecule has 7 nitrogen and oxygen atoms in total. The molecule has 0 aliphatic heterocycles. The van der Waals surface area contributed by atoms with Gasteiger partial charge in [-0.05, 0) is 32.4 Å². The van der Waals surface area contributed by atoms with Crippen LogP contribution in [0.15, 0.2) is 12.1 Å². The Morgan fingerprint density at radius 3 is 2.50 bits per heavy atom. The van der Waals surface area contributed by atoms with Crippen LogP contribution in [0.3, 0.4) is 0 Å². The van der Waals surface area contributed by atoms with Crippen LogP contribution in [0.4, 0.5) is 5.82 Å². The number of carbonyl (C=O) groups excluding carboxylic acids is 1. The number of aromatic nitrogens is 3. The number of nitrogens with zero attached hydrogens (tertiary/aromatic N) is 3. The van der Waals surface area contributed by atoms with Crippen LogP contribution in [0.2, 0.25) is 0 Å². The summed E-state index contributed by atoms with van der Waals surface area (Å²) in [5, 5.41) is 5.23. The summed E-state index contributed by atoms with van der Waals surface area (Å²) in [4.78, 5) is 12.0. The predicted octanol–water partition coefficient (Wildman–Crippen LogP) is 1.98. The normalized spacial score (nSPS) is 11.2. The fourth-order valence-corrected chi connectivity index (χ4v) is 3.25. The molecule has 4 N–H and O–H groups in total. The first kappa shape index (κ1) is 15.9. The van der Waals surface area contributed by atoms with Gasteiger partial charge in [0.2, 0.25) is 0 Å². The Morgan fingerprint density at radius 1 is 1.25 bits per heavy atom. The summed E-state index contributed by atoms with van der Waals surface area (Å²) in [6.45, 7) is 5.82. The van der Waals surface area contributed by atoms with Crippen molar-refractivity contribution in [3.63, 3.8) is 0 Å². The molecule has 1 amide bonds. The number of amides is 1. The van der Waals surface area contributed by atoms with Crippen LogP contribution in [0.25, 0.3) is 16.7 Å². The van der Waals surface area contributed by atoms with Gasteiger partial charge in [-0.25, -0.2) is 0 Å². The lowest BCUT2D eigenvalue weighted by molar-refractivity contribution is 0.100. The quantitative estimate of drug-likeness (QED) is 0.768. The van der Waals surface area contributed by atoms with Gasteiger partial charge in [0, 0.05) is 18.3 Å². The third-order valence-electron chi connectivity index (χ3n) is 4.55. The molecule has 2 heterocycles. The summed E-state index contributed by atoms with van der Waals surface area (Å²) in [5.41, 5.74) is 16.4. The molecule has 0 unspecified atom stereocenters. The molecule has 0 radical (unpaired) electrons. The van der Waals surface area contributed by atoms with Gasteiger partial charge in [-0.1, -0.05) is 6.07 Å². The molecule has 0 spiro atoms. The zero-order valence-corrected chi connectivity index (χ0v) is 14.5. The zero-order valence-electron chi connectivity index (χ0n) is 14.5. The molecule has 3 rings (SSSR count). The summed E-state index contributed by atoms with van der Waals surface area (Å²) in [7, 11) is 3.45. The zero-order chi connectivity index (χ0) is 17.8. The number of ether oxygens (including phenoxy) is 1. The lowest BCUT2D eigenvalue weighted by atomic mass is 10.1. The molecule has 0 aliphatic carbocycles. The summed E-state index contributed by atoms with van der Waals surface area (Å²) < 4.78 is 8.93. The second-order valence-electron chi connectivity index (χ2n) is 5.93. The van der Waals surface area contributed by atoms with Gasteiger partial charge in [0.1, 0.15) is 11.6 Å². The topological polar surface area (TPSA) is 101 Å². The van der Waals surface area contributed by atoms with E-state index in [1.165, 1.54) is 0 Å². The Labute approximate surface area is 139 Å². The molecule has 24 heavy (non-hydrogen) atoms. The van der Waals surface area contributed by atoms with E-state index in [2.05, 4.69) is 5.10 Å². The molecule has 0 fully saturated rings. The Bertz CT molecular complexity index is 981. The van der Waals surface area contributed by atoms with Crippen LogP contribution in [-0.2, 0) is 7.05 Å². The third kappa shape index (κ3) is 1.97. The largest absolute Gasteiger partial charge is 0.496 e. The Hall–Kier alpha value is -2.96. The van der Waals surface area contributed by atoms with Crippen LogP contribution in [0, 0.1) is 20.8 Å². The van der Waals surface area contributed by atoms with E-state index in [4.69, 9.17) is 16.2 Å². The molecule has 0 saturated carbocycles. The maximum atomic E-state index is 12.0. The summed E-state index contributed by atoms with van der Waals surface area (Å²) in [6, 6.07) is 3.86. The highest BCUT2D eigenvalue weighted by Crippen LogP contribution is 2.37. The number of hydrogen-bond donors (Lipinski definition) is 2. The van der Waals surface area contributed by atoms with Crippen LogP contribution < -0.4 is 16.2 Å². The van der Waals surface area contributed by atoms with E-state index in [1.807, 2.05) is 40.0 Å². The number of fused-ring (bicyclic) bond motifs is 1. The number of benzene rings is 1. The van der Waals surface area contributed by atoms with E-state index in [9.17, 15) is 4.79 Å². The van der Waals surface area contributed by atoms with Crippen molar-refractivity contribution in [2.45, 2.75) is 20.8 Å². The Balaban J connectivity index is 2.51. The number of primary amides is 1. The molecule has 0 bridgehead atoms. The number of anilines is 1. The first-order valence-electron chi connectivity index (χ1n) is 7.57. The molecule has 1 aromatic carbocycles. The van der Waals surface area contributed by atoms with Crippen LogP contribution in [-0.4, -0.2) is 27.4 Å². The average molecular weight is 327 g/mol. The van der Waals surface area contributed by atoms with Crippen LogP contribution in [0.1, 0.15) is 27.2 Å². The van der Waals surface area contributed by atoms with E-state index in [1.54, 1.807) is 16.4 Å². The lowest BCUT2D eigenvalue weighted by Gasteiger charge is -2.16. The number of nitrogens with two attached hydrogens (primary N) is 2. The smallest absolute Gasteiger partial charge is 0.253 e. The Kier molecular flexibility index (Phi) is 3.51. The monoisotopic (exact) mass is 327 g/mol. The van der Waals surface area contributed by atoms with Gasteiger partial charge in [-0.2, -0.15) is 5.10 Å². The maximum Gasteiger partial charge on any atom is 0.253 e. The van der Waals surface area contributed by atoms with Crippen LogP contribution >= 0.6 is 0 Å². The van der Waals surface area contributed by atoms with Gasteiger partial charge >= 0.3 is 0 Å². The van der Waals surface area contributed by atoms with E-state index in [0.29, 0.717) is 22.4 Å². The van der Waals surface area contributed by atoms with Crippen molar-refractivity contribution in [2.75, 3.05) is 12.8 Å². The Morgan fingerprint density at radius 2 is 1.92 bits per heavy atom. The molecular weight excluding hydrogens is 306 g/mol.